The molecule has 1 N–H and O–H groups in total. The molecule has 0 spiro atoms. The first-order valence-corrected chi connectivity index (χ1v) is 8.29. The molecule has 2 unspecified atom stereocenters. The monoisotopic (exact) mass is 313 g/mol. The number of aromatic nitrogens is 2. The van der Waals surface area contributed by atoms with Gasteiger partial charge in [-0.05, 0) is 38.2 Å². The molecule has 0 saturated carbocycles. The zero-order chi connectivity index (χ0) is 16.8. The Bertz CT molecular complexity index is 633. The third-order valence-corrected chi connectivity index (χ3v) is 4.42. The maximum atomic E-state index is 12.2. The molecule has 2 atom stereocenters. The predicted octanol–water partition coefficient (Wildman–Crippen LogP) is 3.56. The van der Waals surface area contributed by atoms with E-state index in [9.17, 15) is 4.79 Å². The van der Waals surface area contributed by atoms with Crippen LogP contribution in [0.25, 0.3) is 0 Å². The minimum absolute atomic E-state index is 0.00229. The van der Waals surface area contributed by atoms with Crippen molar-refractivity contribution in [2.24, 2.45) is 13.0 Å². The lowest BCUT2D eigenvalue weighted by atomic mass is 9.97. The van der Waals surface area contributed by atoms with Crippen molar-refractivity contribution < 1.29 is 4.79 Å². The predicted molar refractivity (Wildman–Crippen MR) is 93.0 cm³/mol. The summed E-state index contributed by atoms with van der Waals surface area (Å²) in [6, 6.07) is 10.4. The van der Waals surface area contributed by atoms with Gasteiger partial charge in [0.15, 0.2) is 0 Å². The average Bonchev–Trinajstić information content (AvgIpc) is 2.86. The minimum atomic E-state index is -0.00229. The summed E-state index contributed by atoms with van der Waals surface area (Å²) in [5.41, 5.74) is 3.51. The Morgan fingerprint density at radius 1 is 1.26 bits per heavy atom. The third-order valence-electron chi connectivity index (χ3n) is 4.42. The molecular formula is C19H27N3O. The quantitative estimate of drug-likeness (QED) is 0.849. The Labute approximate surface area is 138 Å². The Balaban J connectivity index is 1.78. The number of hydrogen-bond donors (Lipinski definition) is 1. The molecule has 0 radical (unpaired) electrons. The topological polar surface area (TPSA) is 46.9 Å². The summed E-state index contributed by atoms with van der Waals surface area (Å²) in [5.74, 6) is 0.485. The van der Waals surface area contributed by atoms with E-state index in [4.69, 9.17) is 0 Å². The molecular weight excluding hydrogens is 286 g/mol. The van der Waals surface area contributed by atoms with Gasteiger partial charge in [-0.3, -0.25) is 9.48 Å². The lowest BCUT2D eigenvalue weighted by Crippen LogP contribution is -2.28. The van der Waals surface area contributed by atoms with Crippen LogP contribution in [-0.2, 0) is 18.3 Å². The Morgan fingerprint density at radius 2 is 1.96 bits per heavy atom. The van der Waals surface area contributed by atoms with Crippen LogP contribution < -0.4 is 5.32 Å². The molecule has 1 aromatic heterocycles. The number of aryl methyl sites for hydroxylation is 2. The molecule has 124 valence electrons. The van der Waals surface area contributed by atoms with Crippen LogP contribution in [0.4, 0.5) is 0 Å². The number of nitrogens with zero attached hydrogens (tertiary/aromatic N) is 2. The van der Waals surface area contributed by atoms with Crippen molar-refractivity contribution in [3.05, 3.63) is 53.3 Å². The Morgan fingerprint density at radius 3 is 2.57 bits per heavy atom. The Kier molecular flexibility index (Phi) is 5.97. The molecule has 23 heavy (non-hydrogen) atoms. The smallest absolute Gasteiger partial charge is 0.220 e. The maximum Gasteiger partial charge on any atom is 0.220 e. The van der Waals surface area contributed by atoms with E-state index in [0.717, 1.165) is 24.1 Å². The van der Waals surface area contributed by atoms with E-state index in [-0.39, 0.29) is 11.9 Å². The van der Waals surface area contributed by atoms with Crippen LogP contribution in [0.15, 0.2) is 36.5 Å². The van der Waals surface area contributed by atoms with E-state index < -0.39 is 0 Å². The summed E-state index contributed by atoms with van der Waals surface area (Å²) in [5, 5.41) is 7.32. The van der Waals surface area contributed by atoms with Crippen molar-refractivity contribution in [2.75, 3.05) is 0 Å². The third kappa shape index (κ3) is 4.95. The summed E-state index contributed by atoms with van der Waals surface area (Å²) in [7, 11) is 1.92. The second kappa shape index (κ2) is 7.95. The van der Waals surface area contributed by atoms with Gasteiger partial charge in [-0.15, -0.1) is 0 Å². The van der Waals surface area contributed by atoms with Gasteiger partial charge in [-0.1, -0.05) is 37.3 Å². The van der Waals surface area contributed by atoms with Gasteiger partial charge in [0, 0.05) is 24.7 Å². The van der Waals surface area contributed by atoms with E-state index in [1.165, 1.54) is 5.56 Å². The minimum Gasteiger partial charge on any atom is -0.349 e. The highest BCUT2D eigenvalue weighted by atomic mass is 16.1. The van der Waals surface area contributed by atoms with E-state index in [1.54, 1.807) is 0 Å². The highest BCUT2D eigenvalue weighted by molar-refractivity contribution is 5.76. The van der Waals surface area contributed by atoms with Crippen LogP contribution in [0.5, 0.6) is 0 Å². The average molecular weight is 313 g/mol. The molecule has 0 aliphatic rings. The molecule has 0 aliphatic carbocycles. The molecule has 0 saturated heterocycles. The lowest BCUT2D eigenvalue weighted by molar-refractivity contribution is -0.122. The maximum absolute atomic E-state index is 12.2. The van der Waals surface area contributed by atoms with Gasteiger partial charge in [-0.25, -0.2) is 0 Å². The zero-order valence-corrected chi connectivity index (χ0v) is 14.5. The molecule has 1 amide bonds. The number of carbonyl (C=O) groups is 1. The number of amides is 1. The lowest BCUT2D eigenvalue weighted by Gasteiger charge is -2.16. The van der Waals surface area contributed by atoms with E-state index in [1.807, 2.05) is 37.8 Å². The second-order valence-corrected chi connectivity index (χ2v) is 6.43. The summed E-state index contributed by atoms with van der Waals surface area (Å²) in [6.07, 6.45) is 4.44. The van der Waals surface area contributed by atoms with Gasteiger partial charge in [0.25, 0.3) is 0 Å². The summed E-state index contributed by atoms with van der Waals surface area (Å²) in [6.45, 7) is 6.17. The van der Waals surface area contributed by atoms with Gasteiger partial charge in [0.2, 0.25) is 5.91 Å². The molecule has 4 heteroatoms. The summed E-state index contributed by atoms with van der Waals surface area (Å²) < 4.78 is 1.83. The van der Waals surface area contributed by atoms with Crippen molar-refractivity contribution in [1.29, 1.82) is 0 Å². The van der Waals surface area contributed by atoms with Gasteiger partial charge in [0.1, 0.15) is 0 Å². The van der Waals surface area contributed by atoms with Crippen LogP contribution in [0, 0.1) is 12.8 Å². The van der Waals surface area contributed by atoms with Gasteiger partial charge < -0.3 is 5.32 Å². The van der Waals surface area contributed by atoms with Gasteiger partial charge >= 0.3 is 0 Å². The normalized spacial score (nSPS) is 13.6. The van der Waals surface area contributed by atoms with Gasteiger partial charge in [-0.2, -0.15) is 5.10 Å². The molecule has 0 aliphatic heterocycles. The van der Waals surface area contributed by atoms with Crippen molar-refractivity contribution in [3.8, 4) is 0 Å². The fraction of sp³-hybridized carbons (Fsp3) is 0.474. The summed E-state index contributed by atoms with van der Waals surface area (Å²) in [4.78, 5) is 12.2. The van der Waals surface area contributed by atoms with Crippen LogP contribution in [0.3, 0.4) is 0 Å². The van der Waals surface area contributed by atoms with Crippen molar-refractivity contribution >= 4 is 5.91 Å². The largest absolute Gasteiger partial charge is 0.349 e. The number of hydrogen-bond acceptors (Lipinski definition) is 2. The number of carbonyl (C=O) groups excluding carboxylic acids is 1. The molecule has 0 bridgehead atoms. The number of benzene rings is 1. The molecule has 2 aromatic rings. The highest BCUT2D eigenvalue weighted by Crippen LogP contribution is 2.17. The first-order valence-electron chi connectivity index (χ1n) is 8.29. The first-order chi connectivity index (χ1) is 11.0. The molecule has 0 fully saturated rings. The van der Waals surface area contributed by atoms with E-state index >= 15 is 0 Å². The fourth-order valence-corrected chi connectivity index (χ4v) is 2.80. The Hall–Kier alpha value is -2.10. The molecule has 1 heterocycles. The van der Waals surface area contributed by atoms with E-state index in [0.29, 0.717) is 12.3 Å². The van der Waals surface area contributed by atoms with Crippen molar-refractivity contribution in [1.82, 2.24) is 15.1 Å². The SMILES string of the molecule is Cc1c(C(C)NC(=O)CC(C)CCc2ccccc2)cnn1C. The second-order valence-electron chi connectivity index (χ2n) is 6.43. The van der Waals surface area contributed by atoms with Crippen LogP contribution in [-0.4, -0.2) is 15.7 Å². The fourth-order valence-electron chi connectivity index (χ4n) is 2.80. The molecule has 2 rings (SSSR count). The van der Waals surface area contributed by atoms with Crippen LogP contribution >= 0.6 is 0 Å². The van der Waals surface area contributed by atoms with Crippen molar-refractivity contribution in [3.63, 3.8) is 0 Å². The molecule has 1 aromatic carbocycles. The number of nitrogens with one attached hydrogen (secondary N) is 1. The highest BCUT2D eigenvalue weighted by Gasteiger charge is 2.16. The number of rotatable bonds is 7. The summed E-state index contributed by atoms with van der Waals surface area (Å²) >= 11 is 0. The zero-order valence-electron chi connectivity index (χ0n) is 14.5. The standard InChI is InChI=1S/C19H27N3O/c1-14(10-11-17-8-6-5-7-9-17)12-19(23)21-15(2)18-13-20-22(4)16(18)3/h5-9,13-15H,10-12H2,1-4H3,(H,21,23). The molecule has 4 nitrogen and oxygen atoms in total. The van der Waals surface area contributed by atoms with Crippen LogP contribution in [0.1, 0.15) is 49.6 Å². The van der Waals surface area contributed by atoms with Crippen molar-refractivity contribution in [2.45, 2.75) is 46.1 Å². The van der Waals surface area contributed by atoms with E-state index in [2.05, 4.69) is 41.6 Å². The van der Waals surface area contributed by atoms with Crippen LogP contribution in [0.2, 0.25) is 0 Å². The first kappa shape index (κ1) is 17.3. The van der Waals surface area contributed by atoms with Gasteiger partial charge in [0.05, 0.1) is 12.2 Å².